The third kappa shape index (κ3) is 4.18. The molecule has 0 fully saturated rings. The molecule has 3 aromatic rings. The lowest BCUT2D eigenvalue weighted by atomic mass is 10.00. The van der Waals surface area contributed by atoms with E-state index in [2.05, 4.69) is 34.5 Å². The zero-order chi connectivity index (χ0) is 19.3. The Morgan fingerprint density at radius 3 is 2.68 bits per heavy atom. The van der Waals surface area contributed by atoms with Crippen molar-refractivity contribution >= 4 is 16.7 Å². The average molecular weight is 374 g/mol. The van der Waals surface area contributed by atoms with Gasteiger partial charge in [0.25, 0.3) is 5.91 Å². The van der Waals surface area contributed by atoms with Crippen LogP contribution in [0.5, 0.6) is 5.75 Å². The highest BCUT2D eigenvalue weighted by atomic mass is 16.5. The number of hydrogen-bond acceptors (Lipinski definition) is 3. The summed E-state index contributed by atoms with van der Waals surface area (Å²) in [4.78, 5) is 14.9. The van der Waals surface area contributed by atoms with Gasteiger partial charge in [-0.15, -0.1) is 0 Å². The van der Waals surface area contributed by atoms with Gasteiger partial charge in [-0.1, -0.05) is 36.4 Å². The SMILES string of the molecule is COc1ccc2cc(C(=O)NCCCN3CCc4ccccc4C3)ccc2c1. The van der Waals surface area contributed by atoms with Crippen molar-refractivity contribution in [3.05, 3.63) is 77.4 Å². The first-order chi connectivity index (χ1) is 13.7. The largest absolute Gasteiger partial charge is 0.497 e. The van der Waals surface area contributed by atoms with Crippen LogP contribution in [0.2, 0.25) is 0 Å². The first-order valence-electron chi connectivity index (χ1n) is 9.88. The van der Waals surface area contributed by atoms with Crippen molar-refractivity contribution in [2.75, 3.05) is 26.7 Å². The summed E-state index contributed by atoms with van der Waals surface area (Å²) in [7, 11) is 1.66. The van der Waals surface area contributed by atoms with Crippen LogP contribution >= 0.6 is 0 Å². The van der Waals surface area contributed by atoms with Crippen LogP contribution in [0.15, 0.2) is 60.7 Å². The highest BCUT2D eigenvalue weighted by molar-refractivity contribution is 5.98. The molecule has 144 valence electrons. The van der Waals surface area contributed by atoms with Gasteiger partial charge in [-0.2, -0.15) is 0 Å². The number of carbonyl (C=O) groups is 1. The molecule has 4 rings (SSSR count). The average Bonchev–Trinajstić information content (AvgIpc) is 2.75. The van der Waals surface area contributed by atoms with Crippen molar-refractivity contribution in [2.24, 2.45) is 0 Å². The summed E-state index contributed by atoms with van der Waals surface area (Å²) >= 11 is 0. The number of nitrogens with one attached hydrogen (secondary N) is 1. The van der Waals surface area contributed by atoms with Gasteiger partial charge >= 0.3 is 0 Å². The number of rotatable bonds is 6. The van der Waals surface area contributed by atoms with Crippen molar-refractivity contribution in [3.63, 3.8) is 0 Å². The quantitative estimate of drug-likeness (QED) is 0.663. The van der Waals surface area contributed by atoms with Crippen LogP contribution in [-0.4, -0.2) is 37.6 Å². The number of nitrogens with zero attached hydrogens (tertiary/aromatic N) is 1. The smallest absolute Gasteiger partial charge is 0.251 e. The van der Waals surface area contributed by atoms with E-state index in [1.165, 1.54) is 11.1 Å². The number of methoxy groups -OCH3 is 1. The summed E-state index contributed by atoms with van der Waals surface area (Å²) in [5, 5.41) is 5.17. The van der Waals surface area contributed by atoms with Crippen LogP contribution in [0, 0.1) is 0 Å². The van der Waals surface area contributed by atoms with Crippen molar-refractivity contribution in [2.45, 2.75) is 19.4 Å². The predicted molar refractivity (Wildman–Crippen MR) is 113 cm³/mol. The molecular weight excluding hydrogens is 348 g/mol. The number of hydrogen-bond donors (Lipinski definition) is 1. The fourth-order valence-corrected chi connectivity index (χ4v) is 3.84. The van der Waals surface area contributed by atoms with E-state index in [1.807, 2.05) is 36.4 Å². The molecule has 0 spiro atoms. The zero-order valence-electron chi connectivity index (χ0n) is 16.3. The Labute approximate surface area is 166 Å². The molecule has 1 aliphatic heterocycles. The van der Waals surface area contributed by atoms with Crippen molar-refractivity contribution in [1.29, 1.82) is 0 Å². The van der Waals surface area contributed by atoms with Gasteiger partial charge in [-0.05, 0) is 59.0 Å². The van der Waals surface area contributed by atoms with Gasteiger partial charge < -0.3 is 10.1 Å². The van der Waals surface area contributed by atoms with E-state index in [0.29, 0.717) is 12.1 Å². The Morgan fingerprint density at radius 2 is 1.82 bits per heavy atom. The Kier molecular flexibility index (Phi) is 5.58. The second kappa shape index (κ2) is 8.44. The molecule has 0 unspecified atom stereocenters. The summed E-state index contributed by atoms with van der Waals surface area (Å²) in [6.45, 7) is 3.81. The molecule has 0 aliphatic carbocycles. The molecule has 3 aromatic carbocycles. The van der Waals surface area contributed by atoms with Crippen LogP contribution in [-0.2, 0) is 13.0 Å². The summed E-state index contributed by atoms with van der Waals surface area (Å²) in [5.74, 6) is 0.812. The van der Waals surface area contributed by atoms with Gasteiger partial charge in [0.15, 0.2) is 0 Å². The zero-order valence-corrected chi connectivity index (χ0v) is 16.3. The van der Waals surface area contributed by atoms with Crippen LogP contribution < -0.4 is 10.1 Å². The van der Waals surface area contributed by atoms with E-state index in [-0.39, 0.29) is 5.91 Å². The van der Waals surface area contributed by atoms with E-state index < -0.39 is 0 Å². The van der Waals surface area contributed by atoms with Crippen LogP contribution in [0.1, 0.15) is 27.9 Å². The molecule has 0 bridgehead atoms. The molecule has 1 N–H and O–H groups in total. The molecule has 0 saturated heterocycles. The molecule has 0 aromatic heterocycles. The predicted octanol–water partition coefficient (Wildman–Crippen LogP) is 4.03. The number of fused-ring (bicyclic) bond motifs is 2. The monoisotopic (exact) mass is 374 g/mol. The summed E-state index contributed by atoms with van der Waals surface area (Å²) < 4.78 is 5.25. The van der Waals surface area contributed by atoms with Gasteiger partial charge in [0, 0.05) is 31.7 Å². The minimum absolute atomic E-state index is 0.0123. The fraction of sp³-hybridized carbons (Fsp3) is 0.292. The minimum Gasteiger partial charge on any atom is -0.497 e. The van der Waals surface area contributed by atoms with Crippen LogP contribution in [0.3, 0.4) is 0 Å². The maximum atomic E-state index is 12.5. The third-order valence-corrected chi connectivity index (χ3v) is 5.46. The highest BCUT2D eigenvalue weighted by Gasteiger charge is 2.15. The van der Waals surface area contributed by atoms with E-state index >= 15 is 0 Å². The molecule has 0 radical (unpaired) electrons. The number of amides is 1. The second-order valence-electron chi connectivity index (χ2n) is 7.33. The molecule has 0 atom stereocenters. The summed E-state index contributed by atoms with van der Waals surface area (Å²) in [6, 6.07) is 20.3. The molecule has 4 heteroatoms. The fourth-order valence-electron chi connectivity index (χ4n) is 3.84. The van der Waals surface area contributed by atoms with Crippen molar-refractivity contribution < 1.29 is 9.53 Å². The minimum atomic E-state index is -0.0123. The number of ether oxygens (including phenoxy) is 1. The lowest BCUT2D eigenvalue weighted by molar-refractivity contribution is 0.0951. The van der Waals surface area contributed by atoms with Crippen LogP contribution in [0.25, 0.3) is 10.8 Å². The maximum absolute atomic E-state index is 12.5. The molecule has 1 aliphatic rings. The van der Waals surface area contributed by atoms with Gasteiger partial charge in [-0.25, -0.2) is 0 Å². The van der Waals surface area contributed by atoms with Crippen LogP contribution in [0.4, 0.5) is 0 Å². The number of benzene rings is 3. The lowest BCUT2D eigenvalue weighted by Gasteiger charge is -2.28. The molecular formula is C24H26N2O2. The Balaban J connectivity index is 1.27. The topological polar surface area (TPSA) is 41.6 Å². The van der Waals surface area contributed by atoms with Gasteiger partial charge in [0.1, 0.15) is 5.75 Å². The second-order valence-corrected chi connectivity index (χ2v) is 7.33. The molecule has 0 saturated carbocycles. The molecule has 4 nitrogen and oxygen atoms in total. The highest BCUT2D eigenvalue weighted by Crippen LogP contribution is 2.22. The van der Waals surface area contributed by atoms with Crippen molar-refractivity contribution in [3.8, 4) is 5.75 Å². The van der Waals surface area contributed by atoms with E-state index in [0.717, 1.165) is 49.0 Å². The van der Waals surface area contributed by atoms with Gasteiger partial charge in [0.05, 0.1) is 7.11 Å². The summed E-state index contributed by atoms with van der Waals surface area (Å²) in [5.41, 5.74) is 3.61. The van der Waals surface area contributed by atoms with Gasteiger partial charge in [0.2, 0.25) is 0 Å². The Morgan fingerprint density at radius 1 is 1.04 bits per heavy atom. The molecule has 1 heterocycles. The Hall–Kier alpha value is -2.85. The maximum Gasteiger partial charge on any atom is 0.251 e. The molecule has 28 heavy (non-hydrogen) atoms. The first-order valence-corrected chi connectivity index (χ1v) is 9.88. The summed E-state index contributed by atoms with van der Waals surface area (Å²) in [6.07, 6.45) is 2.07. The van der Waals surface area contributed by atoms with E-state index in [1.54, 1.807) is 7.11 Å². The standard InChI is InChI=1S/C24H26N2O2/c1-28-23-10-9-19-15-21(8-7-20(19)16-23)24(27)25-12-4-13-26-14-11-18-5-2-3-6-22(18)17-26/h2-3,5-10,15-16H,4,11-14,17H2,1H3,(H,25,27). The van der Waals surface area contributed by atoms with E-state index in [4.69, 9.17) is 4.74 Å². The number of carbonyl (C=O) groups excluding carboxylic acids is 1. The van der Waals surface area contributed by atoms with Gasteiger partial charge in [-0.3, -0.25) is 9.69 Å². The molecule has 1 amide bonds. The lowest BCUT2D eigenvalue weighted by Crippen LogP contribution is -2.33. The van der Waals surface area contributed by atoms with Crippen molar-refractivity contribution in [1.82, 2.24) is 10.2 Å². The normalized spacial score (nSPS) is 13.9. The first kappa shape index (κ1) is 18.5. The third-order valence-electron chi connectivity index (χ3n) is 5.46. The van der Waals surface area contributed by atoms with E-state index in [9.17, 15) is 4.79 Å². The Bertz CT molecular complexity index is 983.